The summed E-state index contributed by atoms with van der Waals surface area (Å²) in [5, 5.41) is 4.32. The SMILES string of the molecule is CCCN(C1CC1)S(=O)(=O)c1c(C)nn(CCN)c1C. The van der Waals surface area contributed by atoms with Gasteiger partial charge in [0.1, 0.15) is 4.90 Å². The van der Waals surface area contributed by atoms with Crippen molar-refractivity contribution < 1.29 is 8.42 Å². The average molecular weight is 300 g/mol. The second kappa shape index (κ2) is 5.83. The Bertz CT molecular complexity index is 575. The Labute approximate surface area is 121 Å². The minimum Gasteiger partial charge on any atom is -0.329 e. The third kappa shape index (κ3) is 2.75. The van der Waals surface area contributed by atoms with Crippen LogP contribution in [0.1, 0.15) is 37.6 Å². The van der Waals surface area contributed by atoms with Gasteiger partial charge in [0.15, 0.2) is 0 Å². The molecule has 20 heavy (non-hydrogen) atoms. The third-order valence-corrected chi connectivity index (χ3v) is 5.83. The van der Waals surface area contributed by atoms with E-state index in [4.69, 9.17) is 5.73 Å². The van der Waals surface area contributed by atoms with E-state index in [0.29, 0.717) is 35.9 Å². The van der Waals surface area contributed by atoms with Crippen LogP contribution < -0.4 is 5.73 Å². The lowest BCUT2D eigenvalue weighted by Gasteiger charge is -2.21. The van der Waals surface area contributed by atoms with E-state index in [1.807, 2.05) is 6.92 Å². The maximum absolute atomic E-state index is 12.9. The Kier molecular flexibility index (Phi) is 4.51. The monoisotopic (exact) mass is 300 g/mol. The van der Waals surface area contributed by atoms with Gasteiger partial charge in [-0.15, -0.1) is 0 Å². The van der Waals surface area contributed by atoms with Crippen molar-refractivity contribution in [1.29, 1.82) is 0 Å². The summed E-state index contributed by atoms with van der Waals surface area (Å²) in [6, 6.07) is 0.177. The van der Waals surface area contributed by atoms with Gasteiger partial charge in [0.2, 0.25) is 10.0 Å². The van der Waals surface area contributed by atoms with Crippen molar-refractivity contribution in [3.8, 4) is 0 Å². The summed E-state index contributed by atoms with van der Waals surface area (Å²) in [6.45, 7) is 7.13. The van der Waals surface area contributed by atoms with E-state index in [1.54, 1.807) is 22.8 Å². The zero-order valence-electron chi connectivity index (χ0n) is 12.5. The Morgan fingerprint density at radius 2 is 2.05 bits per heavy atom. The van der Waals surface area contributed by atoms with Gasteiger partial charge < -0.3 is 5.73 Å². The van der Waals surface area contributed by atoms with E-state index in [9.17, 15) is 8.42 Å². The van der Waals surface area contributed by atoms with Crippen LogP contribution in [0.25, 0.3) is 0 Å². The topological polar surface area (TPSA) is 81.2 Å². The number of hydrogen-bond donors (Lipinski definition) is 1. The molecule has 0 unspecified atom stereocenters. The molecule has 2 rings (SSSR count). The quantitative estimate of drug-likeness (QED) is 0.815. The smallest absolute Gasteiger partial charge is 0.246 e. The highest BCUT2D eigenvalue weighted by atomic mass is 32.2. The van der Waals surface area contributed by atoms with Crippen LogP contribution in [-0.2, 0) is 16.6 Å². The molecule has 6 nitrogen and oxygen atoms in total. The first-order valence-electron chi connectivity index (χ1n) is 7.19. The summed E-state index contributed by atoms with van der Waals surface area (Å²) >= 11 is 0. The van der Waals surface area contributed by atoms with Gasteiger partial charge in [-0.3, -0.25) is 4.68 Å². The van der Waals surface area contributed by atoms with E-state index in [2.05, 4.69) is 5.10 Å². The van der Waals surface area contributed by atoms with Crippen LogP contribution in [0.5, 0.6) is 0 Å². The maximum Gasteiger partial charge on any atom is 0.246 e. The summed E-state index contributed by atoms with van der Waals surface area (Å²) in [7, 11) is -3.45. The lowest BCUT2D eigenvalue weighted by molar-refractivity contribution is 0.402. The molecule has 7 heteroatoms. The third-order valence-electron chi connectivity index (χ3n) is 3.62. The first-order valence-corrected chi connectivity index (χ1v) is 8.63. The van der Waals surface area contributed by atoms with E-state index < -0.39 is 10.0 Å². The van der Waals surface area contributed by atoms with Crippen molar-refractivity contribution in [2.24, 2.45) is 5.73 Å². The Morgan fingerprint density at radius 1 is 1.40 bits per heavy atom. The minimum absolute atomic E-state index is 0.177. The summed E-state index contributed by atoms with van der Waals surface area (Å²) < 4.78 is 29.2. The first kappa shape index (κ1) is 15.5. The number of nitrogens with two attached hydrogens (primary N) is 1. The number of sulfonamides is 1. The number of rotatable bonds is 7. The normalized spacial score (nSPS) is 16.1. The number of aryl methyl sites for hydroxylation is 1. The molecule has 0 saturated heterocycles. The Hall–Kier alpha value is -0.920. The maximum atomic E-state index is 12.9. The lowest BCUT2D eigenvalue weighted by Crippen LogP contribution is -2.34. The van der Waals surface area contributed by atoms with Gasteiger partial charge in [-0.05, 0) is 33.1 Å². The molecule has 1 aromatic rings. The highest BCUT2D eigenvalue weighted by Crippen LogP contribution is 2.34. The van der Waals surface area contributed by atoms with Crippen molar-refractivity contribution in [1.82, 2.24) is 14.1 Å². The molecule has 0 aliphatic heterocycles. The lowest BCUT2D eigenvalue weighted by atomic mass is 10.4. The molecule has 0 aromatic carbocycles. The summed E-state index contributed by atoms with van der Waals surface area (Å²) in [5.41, 5.74) is 6.80. The largest absolute Gasteiger partial charge is 0.329 e. The molecular formula is C13H24N4O2S. The molecule has 1 heterocycles. The molecule has 0 amide bonds. The molecule has 1 fully saturated rings. The fourth-order valence-electron chi connectivity index (χ4n) is 2.59. The molecule has 1 aromatic heterocycles. The second-order valence-corrected chi connectivity index (χ2v) is 7.19. The van der Waals surface area contributed by atoms with Gasteiger partial charge in [0.25, 0.3) is 0 Å². The van der Waals surface area contributed by atoms with Crippen molar-refractivity contribution in [3.05, 3.63) is 11.4 Å². The fourth-order valence-corrected chi connectivity index (χ4v) is 4.75. The van der Waals surface area contributed by atoms with Crippen LogP contribution in [-0.4, -0.2) is 41.6 Å². The van der Waals surface area contributed by atoms with Crippen molar-refractivity contribution >= 4 is 10.0 Å². The highest BCUT2D eigenvalue weighted by molar-refractivity contribution is 7.89. The molecule has 0 atom stereocenters. The van der Waals surface area contributed by atoms with Crippen LogP contribution in [0.4, 0.5) is 0 Å². The van der Waals surface area contributed by atoms with Crippen molar-refractivity contribution in [2.75, 3.05) is 13.1 Å². The van der Waals surface area contributed by atoms with Crippen molar-refractivity contribution in [3.63, 3.8) is 0 Å². The van der Waals surface area contributed by atoms with Crippen LogP contribution in [0.15, 0.2) is 4.90 Å². The first-order chi connectivity index (χ1) is 9.43. The summed E-state index contributed by atoms with van der Waals surface area (Å²) in [6.07, 6.45) is 2.76. The molecule has 0 bridgehead atoms. The molecule has 114 valence electrons. The molecule has 0 spiro atoms. The average Bonchev–Trinajstić information content (AvgIpc) is 3.14. The number of nitrogens with zero attached hydrogens (tertiary/aromatic N) is 3. The van der Waals surface area contributed by atoms with Crippen LogP contribution in [0.2, 0.25) is 0 Å². The van der Waals surface area contributed by atoms with Crippen LogP contribution in [0.3, 0.4) is 0 Å². The van der Waals surface area contributed by atoms with Gasteiger partial charge in [0.05, 0.1) is 17.9 Å². The summed E-state index contributed by atoms with van der Waals surface area (Å²) in [5.74, 6) is 0. The second-order valence-electron chi connectivity index (χ2n) is 5.36. The molecule has 1 aliphatic rings. The summed E-state index contributed by atoms with van der Waals surface area (Å²) in [4.78, 5) is 0.367. The Morgan fingerprint density at radius 3 is 2.55 bits per heavy atom. The number of aromatic nitrogens is 2. The molecule has 2 N–H and O–H groups in total. The molecule has 1 aliphatic carbocycles. The molecular weight excluding hydrogens is 276 g/mol. The Balaban J connectivity index is 2.42. The predicted octanol–water partition coefficient (Wildman–Crippen LogP) is 1.02. The minimum atomic E-state index is -3.45. The van der Waals surface area contributed by atoms with Crippen LogP contribution in [0, 0.1) is 13.8 Å². The van der Waals surface area contributed by atoms with Crippen molar-refractivity contribution in [2.45, 2.75) is 57.5 Å². The highest BCUT2D eigenvalue weighted by Gasteiger charge is 2.39. The zero-order valence-corrected chi connectivity index (χ0v) is 13.3. The van der Waals surface area contributed by atoms with E-state index >= 15 is 0 Å². The van der Waals surface area contributed by atoms with E-state index in [-0.39, 0.29) is 6.04 Å². The zero-order chi connectivity index (χ0) is 14.9. The van der Waals surface area contributed by atoms with Gasteiger partial charge in [-0.2, -0.15) is 9.40 Å². The molecule has 1 saturated carbocycles. The van der Waals surface area contributed by atoms with Gasteiger partial charge in [-0.25, -0.2) is 8.42 Å². The van der Waals surface area contributed by atoms with E-state index in [1.165, 1.54) is 0 Å². The van der Waals surface area contributed by atoms with Gasteiger partial charge in [0, 0.05) is 19.1 Å². The number of hydrogen-bond acceptors (Lipinski definition) is 4. The van der Waals surface area contributed by atoms with Crippen LogP contribution >= 0.6 is 0 Å². The van der Waals surface area contributed by atoms with Gasteiger partial charge in [-0.1, -0.05) is 6.92 Å². The van der Waals surface area contributed by atoms with E-state index in [0.717, 1.165) is 19.3 Å². The standard InChI is InChI=1S/C13H24N4O2S/c1-4-8-17(12-5-6-12)20(18,19)13-10(2)15-16(9-7-14)11(13)3/h12H,4-9,14H2,1-3H3. The molecule has 0 radical (unpaired) electrons. The fraction of sp³-hybridized carbons (Fsp3) is 0.769. The predicted molar refractivity (Wildman–Crippen MR) is 78.0 cm³/mol. The van der Waals surface area contributed by atoms with Gasteiger partial charge >= 0.3 is 0 Å².